The van der Waals surface area contributed by atoms with Crippen LogP contribution in [0.1, 0.15) is 50.0 Å². The molecule has 2 aromatic heterocycles. The lowest BCUT2D eigenvalue weighted by atomic mass is 10.0. The van der Waals surface area contributed by atoms with Crippen molar-refractivity contribution in [2.75, 3.05) is 0 Å². The molecule has 0 radical (unpaired) electrons. The van der Waals surface area contributed by atoms with E-state index in [1.165, 1.54) is 12.8 Å². The summed E-state index contributed by atoms with van der Waals surface area (Å²) in [6.45, 7) is 4.27. The van der Waals surface area contributed by atoms with Crippen LogP contribution in [0.3, 0.4) is 0 Å². The Morgan fingerprint density at radius 2 is 2.25 bits per heavy atom. The Labute approximate surface area is 94.1 Å². The van der Waals surface area contributed by atoms with Crippen molar-refractivity contribution in [1.82, 2.24) is 15.1 Å². The summed E-state index contributed by atoms with van der Waals surface area (Å²) >= 11 is 0. The molecule has 1 N–H and O–H groups in total. The smallest absolute Gasteiger partial charge is 0.149 e. The molecule has 4 nitrogen and oxygen atoms in total. The fraction of sp³-hybridized carbons (Fsp3) is 0.500. The van der Waals surface area contributed by atoms with E-state index in [1.807, 2.05) is 6.20 Å². The van der Waals surface area contributed by atoms with Gasteiger partial charge in [0.05, 0.1) is 29.5 Å². The van der Waals surface area contributed by atoms with Gasteiger partial charge in [0.15, 0.2) is 0 Å². The zero-order valence-electron chi connectivity index (χ0n) is 9.53. The third kappa shape index (κ3) is 1.45. The van der Waals surface area contributed by atoms with Gasteiger partial charge in [-0.1, -0.05) is 19.0 Å². The molecule has 1 aliphatic rings. The van der Waals surface area contributed by atoms with Crippen molar-refractivity contribution in [2.24, 2.45) is 0 Å². The van der Waals surface area contributed by atoms with Crippen LogP contribution in [-0.2, 0) is 0 Å². The fourth-order valence-corrected chi connectivity index (χ4v) is 2.00. The first-order chi connectivity index (χ1) is 7.77. The molecule has 0 amide bonds. The molecule has 1 aliphatic carbocycles. The van der Waals surface area contributed by atoms with Gasteiger partial charge in [-0.05, 0) is 18.8 Å². The van der Waals surface area contributed by atoms with Crippen LogP contribution in [0, 0.1) is 0 Å². The Morgan fingerprint density at radius 1 is 1.44 bits per heavy atom. The van der Waals surface area contributed by atoms with Gasteiger partial charge in [0.25, 0.3) is 0 Å². The number of nitrogens with zero attached hydrogens (tertiary/aromatic N) is 2. The molecule has 1 fully saturated rings. The number of nitrogens with one attached hydrogen (secondary N) is 1. The highest BCUT2D eigenvalue weighted by molar-refractivity contribution is 5.65. The minimum atomic E-state index is 0.370. The van der Waals surface area contributed by atoms with E-state index in [0.29, 0.717) is 11.8 Å². The Balaban J connectivity index is 2.14. The van der Waals surface area contributed by atoms with Crippen LogP contribution in [-0.4, -0.2) is 15.1 Å². The van der Waals surface area contributed by atoms with Crippen LogP contribution >= 0.6 is 0 Å². The summed E-state index contributed by atoms with van der Waals surface area (Å²) in [6.07, 6.45) is 5.97. The maximum absolute atomic E-state index is 5.51. The maximum Gasteiger partial charge on any atom is 0.149 e. The lowest BCUT2D eigenvalue weighted by molar-refractivity contribution is 0.376. The summed E-state index contributed by atoms with van der Waals surface area (Å²) in [6, 6.07) is 0. The highest BCUT2D eigenvalue weighted by Gasteiger charge is 2.33. The molecule has 2 heterocycles. The van der Waals surface area contributed by atoms with Gasteiger partial charge in [0, 0.05) is 5.92 Å². The van der Waals surface area contributed by atoms with Crippen LogP contribution in [0.4, 0.5) is 0 Å². The van der Waals surface area contributed by atoms with Gasteiger partial charge < -0.3 is 9.51 Å². The molecule has 0 spiro atoms. The standard InChI is InChI=1S/C12H15N3O/c1-7(2)11-10(9-5-13-6-14-9)12(16-15-11)8-3-4-8/h5-8H,3-4H2,1-2H3,(H,13,14). The summed E-state index contributed by atoms with van der Waals surface area (Å²) in [5, 5.41) is 4.21. The average molecular weight is 217 g/mol. The number of hydrogen-bond donors (Lipinski definition) is 1. The zero-order valence-corrected chi connectivity index (χ0v) is 9.53. The Morgan fingerprint density at radius 3 is 2.81 bits per heavy atom. The van der Waals surface area contributed by atoms with E-state index in [-0.39, 0.29) is 0 Å². The summed E-state index contributed by atoms with van der Waals surface area (Å²) in [5.41, 5.74) is 3.19. The first-order valence-electron chi connectivity index (χ1n) is 5.75. The predicted octanol–water partition coefficient (Wildman–Crippen LogP) is 3.07. The molecular formula is C12H15N3O. The Kier molecular flexibility index (Phi) is 2.09. The SMILES string of the molecule is CC(C)c1noc(C2CC2)c1-c1cnc[nH]1. The predicted molar refractivity (Wildman–Crippen MR) is 60.1 cm³/mol. The molecule has 0 atom stereocenters. The number of aromatic amines is 1. The van der Waals surface area contributed by atoms with E-state index in [4.69, 9.17) is 4.52 Å². The van der Waals surface area contributed by atoms with Gasteiger partial charge in [0.2, 0.25) is 0 Å². The van der Waals surface area contributed by atoms with E-state index in [1.54, 1.807) is 6.33 Å². The molecular weight excluding hydrogens is 202 g/mol. The fourth-order valence-electron chi connectivity index (χ4n) is 2.00. The van der Waals surface area contributed by atoms with Gasteiger partial charge >= 0.3 is 0 Å². The Hall–Kier alpha value is -1.58. The van der Waals surface area contributed by atoms with Crippen molar-refractivity contribution in [1.29, 1.82) is 0 Å². The van der Waals surface area contributed by atoms with Gasteiger partial charge in [0.1, 0.15) is 5.76 Å². The minimum Gasteiger partial charge on any atom is -0.360 e. The number of imidazole rings is 1. The molecule has 84 valence electrons. The molecule has 0 aliphatic heterocycles. The second-order valence-electron chi connectivity index (χ2n) is 4.70. The molecule has 4 heteroatoms. The number of hydrogen-bond acceptors (Lipinski definition) is 3. The van der Waals surface area contributed by atoms with Crippen molar-refractivity contribution in [3.05, 3.63) is 24.0 Å². The van der Waals surface area contributed by atoms with E-state index in [2.05, 4.69) is 29.0 Å². The summed E-state index contributed by atoms with van der Waals surface area (Å²) in [5.74, 6) is 1.97. The second kappa shape index (κ2) is 3.47. The summed E-state index contributed by atoms with van der Waals surface area (Å²) < 4.78 is 5.51. The van der Waals surface area contributed by atoms with Crippen molar-refractivity contribution >= 4 is 0 Å². The van der Waals surface area contributed by atoms with Crippen molar-refractivity contribution in [3.63, 3.8) is 0 Å². The largest absolute Gasteiger partial charge is 0.360 e. The van der Waals surface area contributed by atoms with E-state index >= 15 is 0 Å². The van der Waals surface area contributed by atoms with Gasteiger partial charge in [-0.25, -0.2) is 4.98 Å². The lowest BCUT2D eigenvalue weighted by Gasteiger charge is -2.03. The van der Waals surface area contributed by atoms with Crippen LogP contribution < -0.4 is 0 Å². The monoisotopic (exact) mass is 217 g/mol. The lowest BCUT2D eigenvalue weighted by Crippen LogP contribution is -1.92. The van der Waals surface area contributed by atoms with Gasteiger partial charge in [-0.2, -0.15) is 0 Å². The zero-order chi connectivity index (χ0) is 11.1. The highest BCUT2D eigenvalue weighted by atomic mass is 16.5. The molecule has 0 saturated heterocycles. The molecule has 1 saturated carbocycles. The molecule has 0 unspecified atom stereocenters. The molecule has 16 heavy (non-hydrogen) atoms. The van der Waals surface area contributed by atoms with Crippen LogP contribution in [0.5, 0.6) is 0 Å². The third-order valence-corrected chi connectivity index (χ3v) is 3.01. The number of H-pyrrole nitrogens is 1. The highest BCUT2D eigenvalue weighted by Crippen LogP contribution is 2.46. The normalized spacial score (nSPS) is 15.9. The Bertz CT molecular complexity index is 461. The third-order valence-electron chi connectivity index (χ3n) is 3.01. The quantitative estimate of drug-likeness (QED) is 0.859. The minimum absolute atomic E-state index is 0.370. The molecule has 2 aromatic rings. The molecule has 0 bridgehead atoms. The van der Waals surface area contributed by atoms with Gasteiger partial charge in [-0.15, -0.1) is 0 Å². The van der Waals surface area contributed by atoms with Crippen LogP contribution in [0.15, 0.2) is 17.0 Å². The first-order valence-corrected chi connectivity index (χ1v) is 5.75. The summed E-state index contributed by atoms with van der Waals surface area (Å²) in [7, 11) is 0. The molecule has 3 rings (SSSR count). The van der Waals surface area contributed by atoms with Crippen LogP contribution in [0.2, 0.25) is 0 Å². The summed E-state index contributed by atoms with van der Waals surface area (Å²) in [4.78, 5) is 7.22. The van der Waals surface area contributed by atoms with E-state index in [9.17, 15) is 0 Å². The number of aromatic nitrogens is 3. The first kappa shape index (κ1) is 9.63. The van der Waals surface area contributed by atoms with Crippen molar-refractivity contribution in [2.45, 2.75) is 38.5 Å². The average Bonchev–Trinajstić information content (AvgIpc) is 2.82. The molecule has 0 aromatic carbocycles. The van der Waals surface area contributed by atoms with E-state index in [0.717, 1.165) is 22.7 Å². The van der Waals surface area contributed by atoms with Crippen molar-refractivity contribution < 1.29 is 4.52 Å². The maximum atomic E-state index is 5.51. The van der Waals surface area contributed by atoms with Crippen molar-refractivity contribution in [3.8, 4) is 11.3 Å². The van der Waals surface area contributed by atoms with Gasteiger partial charge in [-0.3, -0.25) is 0 Å². The van der Waals surface area contributed by atoms with Crippen LogP contribution in [0.25, 0.3) is 11.3 Å². The second-order valence-corrected chi connectivity index (χ2v) is 4.70. The van der Waals surface area contributed by atoms with E-state index < -0.39 is 0 Å². The number of rotatable bonds is 3. The topological polar surface area (TPSA) is 54.7 Å².